The van der Waals surface area contributed by atoms with Gasteiger partial charge in [0.15, 0.2) is 6.10 Å². The number of ether oxygens (including phenoxy) is 3. The number of aromatic hydroxyl groups is 2. The Hall–Kier alpha value is -3.70. The summed E-state index contributed by atoms with van der Waals surface area (Å²) in [6.45, 7) is -0.694. The average Bonchev–Trinajstić information content (AvgIpc) is 2.83. The zero-order valence-corrected chi connectivity index (χ0v) is 17.8. The van der Waals surface area contributed by atoms with Gasteiger partial charge in [-0.3, -0.25) is 0 Å². The summed E-state index contributed by atoms with van der Waals surface area (Å²) in [5, 5.41) is 48.9. The maximum absolute atomic E-state index is 12.2. The van der Waals surface area contributed by atoms with Crippen LogP contribution in [0.2, 0.25) is 0 Å². The van der Waals surface area contributed by atoms with Gasteiger partial charge in [0.05, 0.1) is 6.61 Å². The molecule has 0 amide bonds. The quantitative estimate of drug-likeness (QED) is 0.287. The van der Waals surface area contributed by atoms with Gasteiger partial charge in [-0.1, -0.05) is 24.3 Å². The van der Waals surface area contributed by atoms with Gasteiger partial charge in [-0.05, 0) is 47.5 Å². The van der Waals surface area contributed by atoms with Crippen LogP contribution >= 0.6 is 0 Å². The molecule has 1 saturated heterocycles. The van der Waals surface area contributed by atoms with Crippen molar-refractivity contribution >= 4 is 24.1 Å². The molecule has 34 heavy (non-hydrogen) atoms. The van der Waals surface area contributed by atoms with E-state index in [1.807, 2.05) is 0 Å². The highest BCUT2D eigenvalue weighted by molar-refractivity contribution is 5.87. The molecule has 0 aromatic heterocycles. The van der Waals surface area contributed by atoms with Gasteiger partial charge in [0.1, 0.15) is 29.8 Å². The highest BCUT2D eigenvalue weighted by Crippen LogP contribution is 2.25. The van der Waals surface area contributed by atoms with Crippen LogP contribution in [-0.2, 0) is 23.8 Å². The molecule has 1 fully saturated rings. The number of carbonyl (C=O) groups excluding carboxylic acids is 2. The summed E-state index contributed by atoms with van der Waals surface area (Å²) in [5.41, 5.74) is 1.20. The van der Waals surface area contributed by atoms with Crippen molar-refractivity contribution in [2.24, 2.45) is 0 Å². The normalized spacial score (nSPS) is 24.9. The predicted molar refractivity (Wildman–Crippen MR) is 118 cm³/mol. The van der Waals surface area contributed by atoms with E-state index in [9.17, 15) is 35.1 Å². The fraction of sp³-hybridized carbons (Fsp3) is 0.250. The number of phenolic OH excluding ortho intramolecular Hbond substituents is 2. The number of rotatable bonds is 7. The molecular weight excluding hydrogens is 448 g/mol. The van der Waals surface area contributed by atoms with Crippen LogP contribution in [0, 0.1) is 0 Å². The average molecular weight is 472 g/mol. The van der Waals surface area contributed by atoms with E-state index in [4.69, 9.17) is 14.2 Å². The molecule has 0 aliphatic carbocycles. The van der Waals surface area contributed by atoms with Crippen molar-refractivity contribution < 1.29 is 49.3 Å². The first-order valence-corrected chi connectivity index (χ1v) is 10.2. The molecule has 2 aromatic carbocycles. The Morgan fingerprint density at radius 1 is 0.794 bits per heavy atom. The minimum absolute atomic E-state index is 0.0630. The zero-order chi connectivity index (χ0) is 24.7. The topological polar surface area (TPSA) is 163 Å². The third kappa shape index (κ3) is 6.65. The summed E-state index contributed by atoms with van der Waals surface area (Å²) >= 11 is 0. The fourth-order valence-corrected chi connectivity index (χ4v) is 3.12. The summed E-state index contributed by atoms with van der Waals surface area (Å²) in [7, 11) is 0. The molecule has 1 heterocycles. The molecule has 2 aromatic rings. The second-order valence-corrected chi connectivity index (χ2v) is 7.39. The maximum Gasteiger partial charge on any atom is 0.333 e. The highest BCUT2D eigenvalue weighted by atomic mass is 16.7. The molecule has 5 unspecified atom stereocenters. The number of benzene rings is 2. The maximum atomic E-state index is 12.2. The number of phenols is 2. The van der Waals surface area contributed by atoms with Crippen molar-refractivity contribution in [1.82, 2.24) is 0 Å². The summed E-state index contributed by atoms with van der Waals surface area (Å²) < 4.78 is 15.5. The van der Waals surface area contributed by atoms with E-state index in [1.54, 1.807) is 24.3 Å². The van der Waals surface area contributed by atoms with Crippen LogP contribution in [0.5, 0.6) is 11.5 Å². The SMILES string of the molecule is O=C(C=Cc1ccc(O)cc1)OC1OC(CO)C(OC(=O)C=Cc2ccc(O)cc2)C(O)C1O. The van der Waals surface area contributed by atoms with E-state index >= 15 is 0 Å². The van der Waals surface area contributed by atoms with E-state index in [0.717, 1.165) is 12.2 Å². The molecule has 1 aliphatic rings. The lowest BCUT2D eigenvalue weighted by atomic mass is 9.99. The van der Waals surface area contributed by atoms with Gasteiger partial charge in [-0.2, -0.15) is 0 Å². The molecule has 3 rings (SSSR count). The molecule has 5 N–H and O–H groups in total. The molecule has 0 bridgehead atoms. The van der Waals surface area contributed by atoms with Crippen LogP contribution in [0.3, 0.4) is 0 Å². The van der Waals surface area contributed by atoms with Gasteiger partial charge in [-0.15, -0.1) is 0 Å². The van der Waals surface area contributed by atoms with E-state index in [1.165, 1.54) is 36.4 Å². The Labute approximate surface area is 194 Å². The third-order valence-corrected chi connectivity index (χ3v) is 4.92. The Morgan fingerprint density at radius 3 is 1.74 bits per heavy atom. The minimum Gasteiger partial charge on any atom is -0.508 e. The van der Waals surface area contributed by atoms with Crippen LogP contribution in [0.25, 0.3) is 12.2 Å². The van der Waals surface area contributed by atoms with Crippen molar-refractivity contribution in [1.29, 1.82) is 0 Å². The van der Waals surface area contributed by atoms with Crippen molar-refractivity contribution in [3.8, 4) is 11.5 Å². The first-order chi connectivity index (χ1) is 16.3. The van der Waals surface area contributed by atoms with E-state index in [-0.39, 0.29) is 11.5 Å². The predicted octanol–water partition coefficient (Wildman–Crippen LogP) is 0.718. The molecule has 0 radical (unpaired) electrons. The molecule has 5 atom stereocenters. The molecule has 0 saturated carbocycles. The van der Waals surface area contributed by atoms with Crippen LogP contribution in [-0.4, -0.2) is 74.8 Å². The van der Waals surface area contributed by atoms with Gasteiger partial charge in [-0.25, -0.2) is 9.59 Å². The van der Waals surface area contributed by atoms with Gasteiger partial charge < -0.3 is 39.7 Å². The Morgan fingerprint density at radius 2 is 1.26 bits per heavy atom. The van der Waals surface area contributed by atoms with Crippen LogP contribution in [0.15, 0.2) is 60.7 Å². The summed E-state index contributed by atoms with van der Waals surface area (Å²) in [6.07, 6.45) is -2.85. The molecule has 180 valence electrons. The fourth-order valence-electron chi connectivity index (χ4n) is 3.12. The number of aliphatic hydroxyl groups is 3. The largest absolute Gasteiger partial charge is 0.508 e. The molecule has 10 heteroatoms. The lowest BCUT2D eigenvalue weighted by Gasteiger charge is -2.40. The highest BCUT2D eigenvalue weighted by Gasteiger charge is 2.47. The molecule has 1 aliphatic heterocycles. The lowest BCUT2D eigenvalue weighted by molar-refractivity contribution is -0.293. The lowest BCUT2D eigenvalue weighted by Crippen LogP contribution is -2.60. The van der Waals surface area contributed by atoms with Gasteiger partial charge in [0, 0.05) is 12.2 Å². The Bertz CT molecular complexity index is 1030. The van der Waals surface area contributed by atoms with E-state index in [2.05, 4.69) is 0 Å². The van der Waals surface area contributed by atoms with E-state index < -0.39 is 49.3 Å². The standard InChI is InChI=1S/C24H24O10/c25-13-18-23(33-19(28)11-5-14-1-7-16(26)8-2-14)21(30)22(31)24(32-18)34-20(29)12-6-15-3-9-17(27)10-4-15/h1-12,18,21-27,30-31H,13H2. The smallest absolute Gasteiger partial charge is 0.333 e. The monoisotopic (exact) mass is 472 g/mol. The summed E-state index contributed by atoms with van der Waals surface area (Å²) in [5.74, 6) is -1.64. The summed E-state index contributed by atoms with van der Waals surface area (Å²) in [6, 6.07) is 12.0. The number of carbonyl (C=O) groups is 2. The molecule has 10 nitrogen and oxygen atoms in total. The first-order valence-electron chi connectivity index (χ1n) is 10.2. The van der Waals surface area contributed by atoms with Crippen molar-refractivity contribution in [3.63, 3.8) is 0 Å². The zero-order valence-electron chi connectivity index (χ0n) is 17.8. The first kappa shape index (κ1) is 24.9. The van der Waals surface area contributed by atoms with Crippen molar-refractivity contribution in [3.05, 3.63) is 71.8 Å². The third-order valence-electron chi connectivity index (χ3n) is 4.92. The molecular formula is C24H24O10. The number of esters is 2. The molecule has 0 spiro atoms. The number of hydrogen-bond donors (Lipinski definition) is 5. The van der Waals surface area contributed by atoms with Crippen LogP contribution in [0.4, 0.5) is 0 Å². The number of aliphatic hydroxyl groups excluding tert-OH is 3. The number of hydrogen-bond acceptors (Lipinski definition) is 10. The minimum atomic E-state index is -1.76. The van der Waals surface area contributed by atoms with Crippen LogP contribution in [0.1, 0.15) is 11.1 Å². The van der Waals surface area contributed by atoms with E-state index in [0.29, 0.717) is 11.1 Å². The van der Waals surface area contributed by atoms with Crippen molar-refractivity contribution in [2.45, 2.75) is 30.7 Å². The summed E-state index contributed by atoms with van der Waals surface area (Å²) in [4.78, 5) is 24.3. The van der Waals surface area contributed by atoms with Gasteiger partial charge in [0.2, 0.25) is 6.29 Å². The Kier molecular flexibility index (Phi) is 8.39. The second kappa shape index (κ2) is 11.4. The van der Waals surface area contributed by atoms with Crippen molar-refractivity contribution in [2.75, 3.05) is 6.61 Å². The van der Waals surface area contributed by atoms with Crippen LogP contribution < -0.4 is 0 Å². The Balaban J connectivity index is 1.59. The van der Waals surface area contributed by atoms with Gasteiger partial charge in [0.25, 0.3) is 0 Å². The second-order valence-electron chi connectivity index (χ2n) is 7.39. The van der Waals surface area contributed by atoms with Gasteiger partial charge >= 0.3 is 11.9 Å².